The number of benzene rings is 2. The van der Waals surface area contributed by atoms with Crippen molar-refractivity contribution in [1.82, 2.24) is 4.57 Å². The van der Waals surface area contributed by atoms with Gasteiger partial charge < -0.3 is 9.67 Å². The van der Waals surface area contributed by atoms with Crippen LogP contribution in [-0.2, 0) is 0 Å². The van der Waals surface area contributed by atoms with E-state index in [1.54, 1.807) is 6.07 Å². The highest BCUT2D eigenvalue weighted by Crippen LogP contribution is 2.40. The van der Waals surface area contributed by atoms with Crippen molar-refractivity contribution >= 4 is 48.3 Å². The SMILES string of the molecule is CC(CBr)n1c(=O)c2sccc2c2c(-c3ccccc3)c(O)ccc21. The molecule has 5 heteroatoms. The Morgan fingerprint density at radius 1 is 1.16 bits per heavy atom. The van der Waals surface area contributed by atoms with Crippen molar-refractivity contribution in [2.75, 3.05) is 5.33 Å². The highest BCUT2D eigenvalue weighted by molar-refractivity contribution is 9.09. The average molecular weight is 414 g/mol. The molecule has 0 aliphatic carbocycles. The number of phenolic OH excluding ortho intramolecular Hbond substituents is 1. The zero-order chi connectivity index (χ0) is 17.6. The molecule has 4 rings (SSSR count). The lowest BCUT2D eigenvalue weighted by molar-refractivity contribution is 0.478. The van der Waals surface area contributed by atoms with Gasteiger partial charge in [0.1, 0.15) is 10.4 Å². The lowest BCUT2D eigenvalue weighted by Crippen LogP contribution is -2.24. The summed E-state index contributed by atoms with van der Waals surface area (Å²) in [5, 5.41) is 15.1. The predicted molar refractivity (Wildman–Crippen MR) is 109 cm³/mol. The third-order valence-electron chi connectivity index (χ3n) is 4.50. The predicted octanol–water partition coefficient (Wildman–Crippen LogP) is 5.54. The number of fused-ring (bicyclic) bond motifs is 3. The van der Waals surface area contributed by atoms with Crippen LogP contribution in [0.25, 0.3) is 32.1 Å². The van der Waals surface area contributed by atoms with Crippen molar-refractivity contribution in [2.24, 2.45) is 0 Å². The minimum Gasteiger partial charge on any atom is -0.507 e. The summed E-state index contributed by atoms with van der Waals surface area (Å²) >= 11 is 4.95. The second-order valence-corrected chi connectivity index (χ2v) is 7.63. The van der Waals surface area contributed by atoms with E-state index in [9.17, 15) is 9.90 Å². The fraction of sp³-hybridized carbons (Fsp3) is 0.150. The zero-order valence-electron chi connectivity index (χ0n) is 13.6. The van der Waals surface area contributed by atoms with Crippen LogP contribution < -0.4 is 5.56 Å². The van der Waals surface area contributed by atoms with Gasteiger partial charge in [0.25, 0.3) is 5.56 Å². The highest BCUT2D eigenvalue weighted by atomic mass is 79.9. The Balaban J connectivity index is 2.27. The summed E-state index contributed by atoms with van der Waals surface area (Å²) in [5.41, 5.74) is 2.58. The summed E-state index contributed by atoms with van der Waals surface area (Å²) < 4.78 is 2.55. The van der Waals surface area contributed by atoms with Crippen molar-refractivity contribution in [3.8, 4) is 16.9 Å². The van der Waals surface area contributed by atoms with E-state index in [1.165, 1.54) is 11.3 Å². The van der Waals surface area contributed by atoms with Crippen LogP contribution in [0.2, 0.25) is 0 Å². The summed E-state index contributed by atoms with van der Waals surface area (Å²) in [4.78, 5) is 13.0. The number of rotatable bonds is 3. The minimum absolute atomic E-state index is 0.00895. The molecule has 2 aromatic carbocycles. The molecule has 0 fully saturated rings. The number of thiophene rings is 1. The van der Waals surface area contributed by atoms with Crippen LogP contribution in [0.1, 0.15) is 13.0 Å². The number of phenols is 1. The molecule has 1 N–H and O–H groups in total. The first kappa shape index (κ1) is 16.4. The molecule has 0 aliphatic rings. The molecular formula is C20H16BrNO2S. The quantitative estimate of drug-likeness (QED) is 0.447. The summed E-state index contributed by atoms with van der Waals surface area (Å²) in [6.07, 6.45) is 0. The molecule has 3 nitrogen and oxygen atoms in total. The summed E-state index contributed by atoms with van der Waals surface area (Å²) in [6, 6.07) is 15.3. The average Bonchev–Trinajstić information content (AvgIpc) is 3.13. The molecule has 1 unspecified atom stereocenters. The lowest BCUT2D eigenvalue weighted by Gasteiger charge is -2.19. The number of hydrogen-bond acceptors (Lipinski definition) is 3. The fourth-order valence-corrected chi connectivity index (χ4v) is 4.47. The first-order valence-corrected chi connectivity index (χ1v) is 10.0. The summed E-state index contributed by atoms with van der Waals surface area (Å²) in [7, 11) is 0. The molecule has 2 aromatic heterocycles. The van der Waals surface area contributed by atoms with Gasteiger partial charge in [0.2, 0.25) is 0 Å². The molecule has 2 heterocycles. The minimum atomic E-state index is 0.00895. The van der Waals surface area contributed by atoms with Crippen LogP contribution in [0.15, 0.2) is 58.7 Å². The maximum Gasteiger partial charge on any atom is 0.269 e. The first-order chi connectivity index (χ1) is 12.1. The van der Waals surface area contributed by atoms with Crippen LogP contribution in [0.5, 0.6) is 5.75 Å². The van der Waals surface area contributed by atoms with Crippen LogP contribution in [0.4, 0.5) is 0 Å². The number of nitrogens with zero attached hydrogens (tertiary/aromatic N) is 1. The van der Waals surface area contributed by atoms with Gasteiger partial charge in [0.05, 0.1) is 5.52 Å². The Hall–Kier alpha value is -2.11. The summed E-state index contributed by atoms with van der Waals surface area (Å²) in [6.45, 7) is 2.02. The Morgan fingerprint density at radius 2 is 1.92 bits per heavy atom. The first-order valence-electron chi connectivity index (χ1n) is 8.02. The number of pyridine rings is 1. The molecule has 0 aliphatic heterocycles. The van der Waals surface area contributed by atoms with E-state index in [0.29, 0.717) is 5.33 Å². The van der Waals surface area contributed by atoms with Gasteiger partial charge in [-0.2, -0.15) is 0 Å². The van der Waals surface area contributed by atoms with Gasteiger partial charge in [-0.3, -0.25) is 4.79 Å². The van der Waals surface area contributed by atoms with E-state index in [2.05, 4.69) is 15.9 Å². The Bertz CT molecular complexity index is 1130. The standard InChI is InChI=1S/C20H16BrNO2S/c1-12(11-21)22-15-7-8-16(23)17(13-5-3-2-4-6-13)18(15)14-9-10-25-19(14)20(22)24/h2-10,12,23H,11H2,1H3. The molecule has 4 aromatic rings. The van der Waals surface area contributed by atoms with E-state index in [1.807, 2.05) is 59.3 Å². The van der Waals surface area contributed by atoms with Gasteiger partial charge in [-0.25, -0.2) is 0 Å². The maximum absolute atomic E-state index is 13.0. The summed E-state index contributed by atoms with van der Waals surface area (Å²) in [5.74, 6) is 0.225. The molecule has 25 heavy (non-hydrogen) atoms. The van der Waals surface area contributed by atoms with Gasteiger partial charge in [0, 0.05) is 27.7 Å². The Labute approximate surface area is 157 Å². The van der Waals surface area contributed by atoms with Gasteiger partial charge in [0.15, 0.2) is 0 Å². The molecule has 0 saturated carbocycles. The zero-order valence-corrected chi connectivity index (χ0v) is 16.0. The van der Waals surface area contributed by atoms with Crippen molar-refractivity contribution in [1.29, 1.82) is 0 Å². The largest absolute Gasteiger partial charge is 0.507 e. The van der Waals surface area contributed by atoms with Gasteiger partial charge in [-0.1, -0.05) is 46.3 Å². The third kappa shape index (κ3) is 2.50. The lowest BCUT2D eigenvalue weighted by atomic mass is 9.97. The van der Waals surface area contributed by atoms with Crippen LogP contribution in [0.3, 0.4) is 0 Å². The Kier molecular flexibility index (Phi) is 4.13. The number of halogens is 1. The Morgan fingerprint density at radius 3 is 2.64 bits per heavy atom. The molecule has 0 spiro atoms. The number of hydrogen-bond donors (Lipinski definition) is 1. The molecule has 0 bridgehead atoms. The van der Waals surface area contributed by atoms with Gasteiger partial charge >= 0.3 is 0 Å². The molecule has 126 valence electrons. The third-order valence-corrected chi connectivity index (χ3v) is 6.33. The topological polar surface area (TPSA) is 42.2 Å². The maximum atomic E-state index is 13.0. The normalized spacial score (nSPS) is 12.7. The number of alkyl halides is 1. The second kappa shape index (κ2) is 6.32. The van der Waals surface area contributed by atoms with Gasteiger partial charge in [-0.15, -0.1) is 11.3 Å². The van der Waals surface area contributed by atoms with Crippen molar-refractivity contribution < 1.29 is 5.11 Å². The van der Waals surface area contributed by atoms with Crippen molar-refractivity contribution in [3.63, 3.8) is 0 Å². The van der Waals surface area contributed by atoms with Gasteiger partial charge in [-0.05, 0) is 36.1 Å². The molecule has 0 saturated heterocycles. The van der Waals surface area contributed by atoms with Crippen LogP contribution >= 0.6 is 27.3 Å². The van der Waals surface area contributed by atoms with E-state index >= 15 is 0 Å². The molecule has 1 atom stereocenters. The van der Waals surface area contributed by atoms with Crippen molar-refractivity contribution in [3.05, 3.63) is 64.3 Å². The highest BCUT2D eigenvalue weighted by Gasteiger charge is 2.20. The number of aromatic nitrogens is 1. The van der Waals surface area contributed by atoms with Crippen molar-refractivity contribution in [2.45, 2.75) is 13.0 Å². The number of aromatic hydroxyl groups is 1. The smallest absolute Gasteiger partial charge is 0.269 e. The van der Waals surface area contributed by atoms with Crippen LogP contribution in [-0.4, -0.2) is 15.0 Å². The van der Waals surface area contributed by atoms with E-state index < -0.39 is 0 Å². The monoisotopic (exact) mass is 413 g/mol. The van der Waals surface area contributed by atoms with E-state index in [4.69, 9.17) is 0 Å². The molecule has 0 amide bonds. The molecular weight excluding hydrogens is 398 g/mol. The second-order valence-electron chi connectivity index (χ2n) is 6.06. The van der Waals surface area contributed by atoms with Crippen LogP contribution in [0, 0.1) is 0 Å². The fourth-order valence-electron chi connectivity index (χ4n) is 3.35. The van der Waals surface area contributed by atoms with E-state index in [-0.39, 0.29) is 17.4 Å². The van der Waals surface area contributed by atoms with E-state index in [0.717, 1.165) is 32.1 Å². The molecule has 0 radical (unpaired) electrons.